The Bertz CT molecular complexity index is 262. The topological polar surface area (TPSA) is 0 Å². The molecule has 0 N–H and O–H groups in total. The van der Waals surface area contributed by atoms with Crippen molar-refractivity contribution in [2.45, 2.75) is 33.1 Å². The largest absolute Gasteiger partial charge is 0.115 e. The lowest BCUT2D eigenvalue weighted by Crippen LogP contribution is -2.44. The van der Waals surface area contributed by atoms with Crippen molar-refractivity contribution in [3.63, 3.8) is 0 Å². The summed E-state index contributed by atoms with van der Waals surface area (Å²) in [5, 5.41) is 0. The summed E-state index contributed by atoms with van der Waals surface area (Å²) < 4.78 is 0. The molecule has 12 heavy (non-hydrogen) atoms. The van der Waals surface area contributed by atoms with Gasteiger partial charge in [0.2, 0.25) is 0 Å². The van der Waals surface area contributed by atoms with E-state index in [0.29, 0.717) is 11.3 Å². The van der Waals surface area contributed by atoms with Gasteiger partial charge in [0.15, 0.2) is 0 Å². The molecule has 0 heteroatoms. The van der Waals surface area contributed by atoms with Crippen LogP contribution in [-0.4, -0.2) is 0 Å². The van der Waals surface area contributed by atoms with Gasteiger partial charge >= 0.3 is 0 Å². The normalized spacial score (nSPS) is 37.2. The van der Waals surface area contributed by atoms with Gasteiger partial charge in [0, 0.05) is 5.57 Å². The fourth-order valence-electron chi connectivity index (χ4n) is 2.78. The molecule has 0 spiro atoms. The molecule has 0 aliphatic heterocycles. The second kappa shape index (κ2) is 2.39. The summed E-state index contributed by atoms with van der Waals surface area (Å²) in [5.41, 5.74) is 1.75. The molecule has 0 unspecified atom stereocenters. The second-order valence-corrected chi connectivity index (χ2v) is 4.69. The molecule has 0 saturated heterocycles. The van der Waals surface area contributed by atoms with Crippen LogP contribution >= 0.6 is 0 Å². The predicted octanol–water partition coefficient (Wildman–Crippen LogP) is 3.00. The number of hydrogen-bond acceptors (Lipinski definition) is 0. The van der Waals surface area contributed by atoms with Crippen LogP contribution in [0.1, 0.15) is 33.1 Å². The van der Waals surface area contributed by atoms with Gasteiger partial charge in [-0.25, -0.2) is 0 Å². The van der Waals surface area contributed by atoms with Gasteiger partial charge in [-0.15, -0.1) is 6.42 Å². The molecule has 0 nitrogen and oxygen atoms in total. The molecule has 1 fully saturated rings. The Morgan fingerprint density at radius 3 is 2.92 bits per heavy atom. The molecule has 2 bridgehead atoms. The number of rotatable bonds is 0. The summed E-state index contributed by atoms with van der Waals surface area (Å²) >= 11 is 0. The first kappa shape index (κ1) is 7.92. The fourth-order valence-corrected chi connectivity index (χ4v) is 2.78. The monoisotopic (exact) mass is 160 g/mol. The third-order valence-corrected chi connectivity index (χ3v) is 3.89. The molecular weight excluding hydrogens is 144 g/mol. The van der Waals surface area contributed by atoms with Crippen molar-refractivity contribution >= 4 is 0 Å². The molecule has 0 heterocycles. The predicted molar refractivity (Wildman–Crippen MR) is 51.5 cm³/mol. The maximum absolute atomic E-state index is 5.49. The zero-order chi connectivity index (χ0) is 8.77. The summed E-state index contributed by atoms with van der Waals surface area (Å²) in [5.74, 6) is 4.46. The fraction of sp³-hybridized carbons (Fsp3) is 0.667. The van der Waals surface area contributed by atoms with Crippen molar-refractivity contribution in [1.29, 1.82) is 0 Å². The van der Waals surface area contributed by atoms with E-state index in [-0.39, 0.29) is 0 Å². The van der Waals surface area contributed by atoms with E-state index in [1.54, 1.807) is 0 Å². The molecule has 1 saturated carbocycles. The van der Waals surface area contributed by atoms with Gasteiger partial charge in [-0.05, 0) is 36.5 Å². The smallest absolute Gasteiger partial charge is 0.00142 e. The first-order valence-corrected chi connectivity index (χ1v) is 4.83. The number of terminal acetylenes is 1. The van der Waals surface area contributed by atoms with Crippen LogP contribution < -0.4 is 0 Å². The molecule has 3 aliphatic carbocycles. The van der Waals surface area contributed by atoms with E-state index in [1.165, 1.54) is 24.8 Å². The summed E-state index contributed by atoms with van der Waals surface area (Å²) in [6.07, 6.45) is 11.6. The van der Waals surface area contributed by atoms with Gasteiger partial charge in [-0.3, -0.25) is 0 Å². The summed E-state index contributed by atoms with van der Waals surface area (Å²) in [6.45, 7) is 4.73. The van der Waals surface area contributed by atoms with Crippen LogP contribution in [-0.2, 0) is 0 Å². The Labute approximate surface area is 75.1 Å². The average Bonchev–Trinajstić information content (AvgIpc) is 2.32. The zero-order valence-electron chi connectivity index (χ0n) is 7.93. The molecule has 0 amide bonds. The van der Waals surface area contributed by atoms with Gasteiger partial charge in [0.05, 0.1) is 0 Å². The second-order valence-electron chi connectivity index (χ2n) is 4.69. The Hall–Kier alpha value is -0.700. The van der Waals surface area contributed by atoms with Crippen LogP contribution in [0, 0.1) is 29.6 Å². The standard InChI is InChI=1S/C12H16/c1-4-9-6-5-7-10-8-11(9)12(10,2)3/h1,6,10-11H,5,7-8H2,2-3H3/t10-,11-/m1/s1. The van der Waals surface area contributed by atoms with Crippen LogP contribution in [0.2, 0.25) is 0 Å². The van der Waals surface area contributed by atoms with Crippen LogP contribution in [0.3, 0.4) is 0 Å². The van der Waals surface area contributed by atoms with Crippen LogP contribution in [0.25, 0.3) is 0 Å². The highest BCUT2D eigenvalue weighted by molar-refractivity contribution is 5.34. The summed E-state index contributed by atoms with van der Waals surface area (Å²) in [7, 11) is 0. The highest BCUT2D eigenvalue weighted by Gasteiger charge is 2.49. The molecule has 64 valence electrons. The minimum absolute atomic E-state index is 0.481. The Morgan fingerprint density at radius 2 is 2.33 bits per heavy atom. The lowest BCUT2D eigenvalue weighted by atomic mass is 9.53. The van der Waals surface area contributed by atoms with E-state index in [4.69, 9.17) is 6.42 Å². The van der Waals surface area contributed by atoms with Crippen molar-refractivity contribution in [3.05, 3.63) is 11.6 Å². The third kappa shape index (κ3) is 0.860. The number of hydrogen-bond donors (Lipinski definition) is 0. The van der Waals surface area contributed by atoms with Gasteiger partial charge < -0.3 is 0 Å². The van der Waals surface area contributed by atoms with Crippen LogP contribution in [0.4, 0.5) is 0 Å². The number of allylic oxidation sites excluding steroid dienone is 2. The lowest BCUT2D eigenvalue weighted by molar-refractivity contribution is 0.00746. The molecule has 2 atom stereocenters. The van der Waals surface area contributed by atoms with Crippen molar-refractivity contribution in [2.24, 2.45) is 17.3 Å². The van der Waals surface area contributed by atoms with Gasteiger partial charge in [0.25, 0.3) is 0 Å². The first-order chi connectivity index (χ1) is 5.66. The van der Waals surface area contributed by atoms with Gasteiger partial charge in [-0.1, -0.05) is 25.8 Å². The van der Waals surface area contributed by atoms with E-state index in [0.717, 1.165) is 5.92 Å². The molecule has 0 aromatic rings. The summed E-state index contributed by atoms with van der Waals surface area (Å²) in [6, 6.07) is 0. The SMILES string of the molecule is C#CC1=CCC[C@@H]2C[C@H]1C2(C)C. The molecule has 0 aromatic heterocycles. The van der Waals surface area contributed by atoms with Gasteiger partial charge in [0.1, 0.15) is 0 Å². The molecular formula is C12H16. The highest BCUT2D eigenvalue weighted by Crippen LogP contribution is 2.57. The van der Waals surface area contributed by atoms with E-state index < -0.39 is 0 Å². The van der Waals surface area contributed by atoms with E-state index in [9.17, 15) is 0 Å². The molecule has 3 aliphatic rings. The van der Waals surface area contributed by atoms with Crippen molar-refractivity contribution in [1.82, 2.24) is 0 Å². The highest BCUT2D eigenvalue weighted by atomic mass is 14.5. The quantitative estimate of drug-likeness (QED) is 0.478. The van der Waals surface area contributed by atoms with E-state index in [2.05, 4.69) is 25.8 Å². The first-order valence-electron chi connectivity index (χ1n) is 4.83. The zero-order valence-corrected chi connectivity index (χ0v) is 7.93. The Morgan fingerprint density at radius 1 is 1.58 bits per heavy atom. The van der Waals surface area contributed by atoms with E-state index in [1.807, 2.05) is 0 Å². The Kier molecular flexibility index (Phi) is 1.58. The number of fused-ring (bicyclic) bond motifs is 2. The van der Waals surface area contributed by atoms with Crippen molar-refractivity contribution < 1.29 is 0 Å². The maximum Gasteiger partial charge on any atom is 0.00142 e. The molecule has 3 rings (SSSR count). The minimum Gasteiger partial charge on any atom is -0.115 e. The summed E-state index contributed by atoms with van der Waals surface area (Å²) in [4.78, 5) is 0. The van der Waals surface area contributed by atoms with Crippen LogP contribution in [0.5, 0.6) is 0 Å². The lowest BCUT2D eigenvalue weighted by Gasteiger charge is -2.51. The van der Waals surface area contributed by atoms with Gasteiger partial charge in [-0.2, -0.15) is 0 Å². The van der Waals surface area contributed by atoms with Crippen molar-refractivity contribution in [2.75, 3.05) is 0 Å². The molecule has 0 aromatic carbocycles. The molecule has 0 radical (unpaired) electrons. The minimum atomic E-state index is 0.481. The van der Waals surface area contributed by atoms with Crippen molar-refractivity contribution in [3.8, 4) is 12.3 Å². The van der Waals surface area contributed by atoms with E-state index >= 15 is 0 Å². The average molecular weight is 160 g/mol. The third-order valence-electron chi connectivity index (χ3n) is 3.89. The maximum atomic E-state index is 5.49. The van der Waals surface area contributed by atoms with Crippen LogP contribution in [0.15, 0.2) is 11.6 Å². The Balaban J connectivity index is 2.30.